The van der Waals surface area contributed by atoms with Gasteiger partial charge < -0.3 is 5.32 Å². The summed E-state index contributed by atoms with van der Waals surface area (Å²) in [5, 5.41) is 3.46. The highest BCUT2D eigenvalue weighted by molar-refractivity contribution is 7.12. The number of aryl methyl sites for hydroxylation is 1. The van der Waals surface area contributed by atoms with Gasteiger partial charge in [0.25, 0.3) is 0 Å². The average Bonchev–Trinajstić information content (AvgIpc) is 2.78. The van der Waals surface area contributed by atoms with E-state index in [4.69, 9.17) is 0 Å². The number of likely N-dealkylation sites (tertiary alicyclic amines) is 1. The van der Waals surface area contributed by atoms with Crippen LogP contribution in [0.25, 0.3) is 0 Å². The maximum absolute atomic E-state index is 3.46. The summed E-state index contributed by atoms with van der Waals surface area (Å²) < 4.78 is 0. The highest BCUT2D eigenvalue weighted by Crippen LogP contribution is 2.34. The molecule has 2 heterocycles. The molecule has 0 amide bonds. The molecular weight excluding hydrogens is 240 g/mol. The fourth-order valence-electron chi connectivity index (χ4n) is 3.19. The van der Waals surface area contributed by atoms with Gasteiger partial charge in [-0.1, -0.05) is 6.92 Å². The van der Waals surface area contributed by atoms with Crippen molar-refractivity contribution in [3.63, 3.8) is 0 Å². The molecule has 0 saturated carbocycles. The van der Waals surface area contributed by atoms with Crippen molar-refractivity contribution in [3.8, 4) is 0 Å². The molecule has 1 N–H and O–H groups in total. The van der Waals surface area contributed by atoms with Gasteiger partial charge in [-0.3, -0.25) is 4.90 Å². The number of rotatable bonds is 3. The molecule has 4 atom stereocenters. The topological polar surface area (TPSA) is 15.3 Å². The summed E-state index contributed by atoms with van der Waals surface area (Å²) in [6.45, 7) is 10.5. The molecule has 2 rings (SSSR count). The van der Waals surface area contributed by atoms with Gasteiger partial charge in [0, 0.05) is 34.4 Å². The first-order valence-electron chi connectivity index (χ1n) is 7.04. The zero-order valence-electron chi connectivity index (χ0n) is 12.2. The van der Waals surface area contributed by atoms with Crippen molar-refractivity contribution in [1.29, 1.82) is 0 Å². The largest absolute Gasteiger partial charge is 0.317 e. The lowest BCUT2D eigenvalue weighted by molar-refractivity contribution is 0.0557. The first-order valence-corrected chi connectivity index (χ1v) is 7.85. The molecule has 0 bridgehead atoms. The van der Waals surface area contributed by atoms with Crippen LogP contribution in [0.4, 0.5) is 0 Å². The summed E-state index contributed by atoms with van der Waals surface area (Å²) in [7, 11) is 2.09. The summed E-state index contributed by atoms with van der Waals surface area (Å²) >= 11 is 1.94. The van der Waals surface area contributed by atoms with E-state index < -0.39 is 0 Å². The molecule has 1 aromatic heterocycles. The Morgan fingerprint density at radius 2 is 2.11 bits per heavy atom. The second kappa shape index (κ2) is 5.72. The summed E-state index contributed by atoms with van der Waals surface area (Å²) in [4.78, 5) is 5.60. The Labute approximate surface area is 115 Å². The monoisotopic (exact) mass is 266 g/mol. The third kappa shape index (κ3) is 2.63. The Morgan fingerprint density at radius 1 is 1.39 bits per heavy atom. The number of nitrogens with zero attached hydrogens (tertiary/aromatic N) is 1. The Hall–Kier alpha value is -0.380. The smallest absolute Gasteiger partial charge is 0.0416 e. The molecule has 102 valence electrons. The number of hydrogen-bond acceptors (Lipinski definition) is 3. The van der Waals surface area contributed by atoms with E-state index in [1.807, 2.05) is 11.3 Å². The Morgan fingerprint density at radius 3 is 2.67 bits per heavy atom. The lowest BCUT2D eigenvalue weighted by Crippen LogP contribution is -2.53. The molecule has 0 aromatic carbocycles. The van der Waals surface area contributed by atoms with Crippen molar-refractivity contribution in [2.75, 3.05) is 13.6 Å². The predicted molar refractivity (Wildman–Crippen MR) is 80.3 cm³/mol. The van der Waals surface area contributed by atoms with E-state index in [0.29, 0.717) is 24.0 Å². The van der Waals surface area contributed by atoms with E-state index in [1.165, 1.54) is 22.7 Å². The van der Waals surface area contributed by atoms with Crippen LogP contribution in [0, 0.1) is 12.8 Å². The van der Waals surface area contributed by atoms with Crippen LogP contribution in [-0.4, -0.2) is 30.6 Å². The predicted octanol–water partition coefficient (Wildman–Crippen LogP) is 3.44. The standard InChI is InChI=1S/C15H26N2S/c1-10-6-7-15(18-10)13(4)17-9-8-14(16-5)11(2)12(17)3/h6-7,11-14,16H,8-9H2,1-5H3. The molecule has 1 aliphatic rings. The van der Waals surface area contributed by atoms with Crippen LogP contribution in [0.1, 0.15) is 43.0 Å². The van der Waals surface area contributed by atoms with Gasteiger partial charge in [0.05, 0.1) is 0 Å². The molecule has 3 heteroatoms. The summed E-state index contributed by atoms with van der Waals surface area (Å²) in [5.41, 5.74) is 0. The molecular formula is C15H26N2S. The third-order valence-electron chi connectivity index (χ3n) is 4.66. The third-order valence-corrected chi connectivity index (χ3v) is 5.83. The van der Waals surface area contributed by atoms with Crippen molar-refractivity contribution in [2.45, 2.75) is 52.2 Å². The number of hydrogen-bond donors (Lipinski definition) is 1. The molecule has 1 fully saturated rings. The van der Waals surface area contributed by atoms with Crippen LogP contribution < -0.4 is 5.32 Å². The van der Waals surface area contributed by atoms with E-state index in [2.05, 4.69) is 57.1 Å². The van der Waals surface area contributed by atoms with Crippen LogP contribution in [0.2, 0.25) is 0 Å². The Bertz CT molecular complexity index is 388. The van der Waals surface area contributed by atoms with E-state index >= 15 is 0 Å². The SMILES string of the molecule is CNC1CCN(C(C)c2ccc(C)s2)C(C)C1C. The molecule has 2 nitrogen and oxygen atoms in total. The Balaban J connectivity index is 2.09. The molecule has 0 aliphatic carbocycles. The van der Waals surface area contributed by atoms with Gasteiger partial charge in [-0.15, -0.1) is 11.3 Å². The summed E-state index contributed by atoms with van der Waals surface area (Å²) in [6.07, 6.45) is 1.26. The minimum absolute atomic E-state index is 0.555. The first kappa shape index (κ1) is 14.0. The molecule has 18 heavy (non-hydrogen) atoms. The fraction of sp³-hybridized carbons (Fsp3) is 0.733. The van der Waals surface area contributed by atoms with Crippen molar-refractivity contribution in [2.24, 2.45) is 5.92 Å². The van der Waals surface area contributed by atoms with Crippen molar-refractivity contribution in [1.82, 2.24) is 10.2 Å². The van der Waals surface area contributed by atoms with E-state index in [9.17, 15) is 0 Å². The number of nitrogens with one attached hydrogen (secondary N) is 1. The number of piperidine rings is 1. The van der Waals surface area contributed by atoms with Crippen molar-refractivity contribution >= 4 is 11.3 Å². The summed E-state index contributed by atoms with van der Waals surface area (Å²) in [6, 6.07) is 6.41. The second-order valence-electron chi connectivity index (χ2n) is 5.65. The molecule has 1 aliphatic heterocycles. The molecule has 1 aromatic rings. The van der Waals surface area contributed by atoms with Crippen LogP contribution in [0.3, 0.4) is 0 Å². The zero-order chi connectivity index (χ0) is 13.3. The molecule has 0 radical (unpaired) electrons. The lowest BCUT2D eigenvalue weighted by atomic mass is 9.86. The van der Waals surface area contributed by atoms with Crippen LogP contribution in [0.5, 0.6) is 0 Å². The average molecular weight is 266 g/mol. The van der Waals surface area contributed by atoms with E-state index in [0.717, 1.165) is 0 Å². The molecule has 1 saturated heterocycles. The molecule has 4 unspecified atom stereocenters. The molecule has 0 spiro atoms. The van der Waals surface area contributed by atoms with Gasteiger partial charge in [0.1, 0.15) is 0 Å². The van der Waals surface area contributed by atoms with Gasteiger partial charge >= 0.3 is 0 Å². The first-order chi connectivity index (χ1) is 8.54. The highest BCUT2D eigenvalue weighted by Gasteiger charge is 2.34. The number of thiophene rings is 1. The van der Waals surface area contributed by atoms with Crippen LogP contribution in [0.15, 0.2) is 12.1 Å². The summed E-state index contributed by atoms with van der Waals surface area (Å²) in [5.74, 6) is 0.715. The fourth-order valence-corrected chi connectivity index (χ4v) is 4.14. The maximum Gasteiger partial charge on any atom is 0.0416 e. The Kier molecular flexibility index (Phi) is 4.46. The van der Waals surface area contributed by atoms with Gasteiger partial charge in [-0.25, -0.2) is 0 Å². The minimum Gasteiger partial charge on any atom is -0.317 e. The normalized spacial score (nSPS) is 31.5. The zero-order valence-corrected chi connectivity index (χ0v) is 13.1. The van der Waals surface area contributed by atoms with Crippen molar-refractivity contribution in [3.05, 3.63) is 21.9 Å². The van der Waals surface area contributed by atoms with Crippen LogP contribution in [-0.2, 0) is 0 Å². The lowest BCUT2D eigenvalue weighted by Gasteiger charge is -2.45. The van der Waals surface area contributed by atoms with Gasteiger partial charge in [-0.2, -0.15) is 0 Å². The maximum atomic E-state index is 3.46. The van der Waals surface area contributed by atoms with Crippen molar-refractivity contribution < 1.29 is 0 Å². The van der Waals surface area contributed by atoms with Gasteiger partial charge in [-0.05, 0) is 52.3 Å². The second-order valence-corrected chi connectivity index (χ2v) is 6.97. The quantitative estimate of drug-likeness (QED) is 0.901. The minimum atomic E-state index is 0.555. The van der Waals surface area contributed by atoms with E-state index in [-0.39, 0.29) is 0 Å². The van der Waals surface area contributed by atoms with Gasteiger partial charge in [0.2, 0.25) is 0 Å². The highest BCUT2D eigenvalue weighted by atomic mass is 32.1. The van der Waals surface area contributed by atoms with E-state index in [1.54, 1.807) is 0 Å². The van der Waals surface area contributed by atoms with Crippen LogP contribution >= 0.6 is 11.3 Å². The van der Waals surface area contributed by atoms with Gasteiger partial charge in [0.15, 0.2) is 0 Å².